The summed E-state index contributed by atoms with van der Waals surface area (Å²) in [7, 11) is 0. The van der Waals surface area contributed by atoms with Crippen LogP contribution in [0.4, 0.5) is 4.39 Å². The molecule has 0 spiro atoms. The standard InChI is InChI=1S/C14H16FNO2.H2/c1-8(2)10-4-3-9(7-12(10)15)11-5-6-13(17)16-14(11)18;/h3-4,7-8,11H,5-6H2,1-2H3,(H,16,17,18);1H. The summed E-state index contributed by atoms with van der Waals surface area (Å²) >= 11 is 0. The van der Waals surface area contributed by atoms with Crippen molar-refractivity contribution in [3.05, 3.63) is 35.1 Å². The van der Waals surface area contributed by atoms with Crippen molar-refractivity contribution >= 4 is 11.8 Å². The summed E-state index contributed by atoms with van der Waals surface area (Å²) in [6.07, 6.45) is 0.759. The lowest BCUT2D eigenvalue weighted by Gasteiger charge is -2.21. The van der Waals surface area contributed by atoms with Crippen molar-refractivity contribution in [1.82, 2.24) is 5.32 Å². The highest BCUT2D eigenvalue weighted by Gasteiger charge is 2.28. The van der Waals surface area contributed by atoms with Crippen LogP contribution in [-0.2, 0) is 9.59 Å². The number of carbonyl (C=O) groups is 2. The molecule has 1 aromatic rings. The Morgan fingerprint density at radius 3 is 2.67 bits per heavy atom. The quantitative estimate of drug-likeness (QED) is 0.821. The van der Waals surface area contributed by atoms with Crippen molar-refractivity contribution < 1.29 is 15.4 Å². The first-order chi connectivity index (χ1) is 8.49. The van der Waals surface area contributed by atoms with Crippen molar-refractivity contribution in [2.45, 2.75) is 38.5 Å². The van der Waals surface area contributed by atoms with Gasteiger partial charge in [0.1, 0.15) is 5.82 Å². The third-order valence-electron chi connectivity index (χ3n) is 3.29. The van der Waals surface area contributed by atoms with Gasteiger partial charge in [-0.1, -0.05) is 26.0 Å². The Morgan fingerprint density at radius 1 is 1.39 bits per heavy atom. The summed E-state index contributed by atoms with van der Waals surface area (Å²) < 4.78 is 13.9. The highest BCUT2D eigenvalue weighted by atomic mass is 19.1. The molecule has 1 aliphatic rings. The van der Waals surface area contributed by atoms with Crippen LogP contribution in [0.25, 0.3) is 0 Å². The molecule has 0 radical (unpaired) electrons. The molecule has 4 heteroatoms. The number of amides is 2. The highest BCUT2D eigenvalue weighted by molar-refractivity contribution is 6.00. The molecule has 1 N–H and O–H groups in total. The van der Waals surface area contributed by atoms with Gasteiger partial charge in [-0.15, -0.1) is 0 Å². The molecule has 3 nitrogen and oxygen atoms in total. The zero-order chi connectivity index (χ0) is 13.3. The molecule has 2 amide bonds. The van der Waals surface area contributed by atoms with Crippen LogP contribution in [0.5, 0.6) is 0 Å². The van der Waals surface area contributed by atoms with E-state index >= 15 is 0 Å². The van der Waals surface area contributed by atoms with Gasteiger partial charge >= 0.3 is 0 Å². The number of rotatable bonds is 2. The molecule has 18 heavy (non-hydrogen) atoms. The normalized spacial score (nSPS) is 20.1. The minimum Gasteiger partial charge on any atom is -0.296 e. The average Bonchev–Trinajstić information content (AvgIpc) is 2.28. The van der Waals surface area contributed by atoms with Crippen molar-refractivity contribution in [2.75, 3.05) is 0 Å². The minimum absolute atomic E-state index is 0. The SMILES string of the molecule is CC(C)c1ccc(C2CCC(=O)NC2=O)cc1F.[HH]. The molecule has 1 saturated heterocycles. The minimum atomic E-state index is -0.418. The van der Waals surface area contributed by atoms with Crippen molar-refractivity contribution in [1.29, 1.82) is 0 Å². The molecular formula is C14H18FNO2. The fraction of sp³-hybridized carbons (Fsp3) is 0.429. The second-order valence-corrected chi connectivity index (χ2v) is 4.94. The predicted molar refractivity (Wildman–Crippen MR) is 67.7 cm³/mol. The van der Waals surface area contributed by atoms with E-state index in [1.807, 2.05) is 13.8 Å². The predicted octanol–water partition coefficient (Wildman–Crippen LogP) is 2.72. The van der Waals surface area contributed by atoms with Gasteiger partial charge in [-0.2, -0.15) is 0 Å². The average molecular weight is 251 g/mol. The first kappa shape index (κ1) is 12.7. The number of hydrogen-bond acceptors (Lipinski definition) is 2. The summed E-state index contributed by atoms with van der Waals surface area (Å²) in [5, 5.41) is 2.28. The Kier molecular flexibility index (Phi) is 3.45. The van der Waals surface area contributed by atoms with Gasteiger partial charge in [-0.3, -0.25) is 14.9 Å². The van der Waals surface area contributed by atoms with Crippen molar-refractivity contribution in [2.24, 2.45) is 0 Å². The van der Waals surface area contributed by atoms with Gasteiger partial charge in [0, 0.05) is 7.85 Å². The Bertz CT molecular complexity index is 502. The van der Waals surface area contributed by atoms with E-state index in [-0.39, 0.29) is 25.0 Å². The van der Waals surface area contributed by atoms with E-state index in [9.17, 15) is 14.0 Å². The van der Waals surface area contributed by atoms with E-state index in [0.29, 0.717) is 24.0 Å². The molecule has 1 fully saturated rings. The number of imide groups is 1. The van der Waals surface area contributed by atoms with E-state index in [4.69, 9.17) is 0 Å². The van der Waals surface area contributed by atoms with E-state index in [2.05, 4.69) is 5.32 Å². The molecule has 0 aromatic heterocycles. The molecule has 1 atom stereocenters. The van der Waals surface area contributed by atoms with Gasteiger partial charge < -0.3 is 0 Å². The number of carbonyl (C=O) groups excluding carboxylic acids is 2. The van der Waals surface area contributed by atoms with Gasteiger partial charge in [-0.25, -0.2) is 4.39 Å². The zero-order valence-electron chi connectivity index (χ0n) is 10.5. The fourth-order valence-corrected chi connectivity index (χ4v) is 2.24. The number of piperidine rings is 1. The maximum atomic E-state index is 13.9. The monoisotopic (exact) mass is 251 g/mol. The summed E-state index contributed by atoms with van der Waals surface area (Å²) in [5.74, 6) is -1.18. The summed E-state index contributed by atoms with van der Waals surface area (Å²) in [6, 6.07) is 4.91. The second-order valence-electron chi connectivity index (χ2n) is 4.94. The smallest absolute Gasteiger partial charge is 0.234 e. The van der Waals surface area contributed by atoms with Crippen LogP contribution >= 0.6 is 0 Å². The van der Waals surface area contributed by atoms with E-state index in [1.165, 1.54) is 6.07 Å². The third-order valence-corrected chi connectivity index (χ3v) is 3.29. The number of halogens is 1. The van der Waals surface area contributed by atoms with E-state index in [0.717, 1.165) is 0 Å². The first-order valence-electron chi connectivity index (χ1n) is 6.12. The molecular weight excluding hydrogens is 233 g/mol. The van der Waals surface area contributed by atoms with Crippen LogP contribution in [0.15, 0.2) is 18.2 Å². The third kappa shape index (κ3) is 2.42. The van der Waals surface area contributed by atoms with Crippen LogP contribution in [0.3, 0.4) is 0 Å². The molecule has 0 saturated carbocycles. The lowest BCUT2D eigenvalue weighted by atomic mass is 9.89. The molecule has 0 bridgehead atoms. The Labute approximate surface area is 107 Å². The Hall–Kier alpha value is -1.71. The Morgan fingerprint density at radius 2 is 2.11 bits per heavy atom. The van der Waals surface area contributed by atoms with Crippen LogP contribution in [0.2, 0.25) is 0 Å². The van der Waals surface area contributed by atoms with Crippen LogP contribution < -0.4 is 5.32 Å². The lowest BCUT2D eigenvalue weighted by molar-refractivity contribution is -0.134. The summed E-state index contributed by atoms with van der Waals surface area (Å²) in [4.78, 5) is 22.7. The van der Waals surface area contributed by atoms with Gasteiger partial charge in [-0.05, 0) is 29.5 Å². The molecule has 2 rings (SSSR count). The highest BCUT2D eigenvalue weighted by Crippen LogP contribution is 2.28. The fourth-order valence-electron chi connectivity index (χ4n) is 2.24. The molecule has 98 valence electrons. The summed E-state index contributed by atoms with van der Waals surface area (Å²) in [6.45, 7) is 3.84. The Balaban J connectivity index is 0.00000180. The van der Waals surface area contributed by atoms with Gasteiger partial charge in [0.05, 0.1) is 5.92 Å². The maximum absolute atomic E-state index is 13.9. The van der Waals surface area contributed by atoms with Gasteiger partial charge in [0.25, 0.3) is 0 Å². The maximum Gasteiger partial charge on any atom is 0.234 e. The number of benzene rings is 1. The summed E-state index contributed by atoms with van der Waals surface area (Å²) in [5.41, 5.74) is 1.29. The first-order valence-corrected chi connectivity index (χ1v) is 6.12. The largest absolute Gasteiger partial charge is 0.296 e. The zero-order valence-corrected chi connectivity index (χ0v) is 10.5. The molecule has 1 aliphatic heterocycles. The topological polar surface area (TPSA) is 46.2 Å². The van der Waals surface area contributed by atoms with E-state index < -0.39 is 5.92 Å². The second kappa shape index (κ2) is 4.88. The van der Waals surface area contributed by atoms with Crippen LogP contribution in [-0.4, -0.2) is 11.8 Å². The van der Waals surface area contributed by atoms with Gasteiger partial charge in [0.15, 0.2) is 0 Å². The van der Waals surface area contributed by atoms with Crippen LogP contribution in [0.1, 0.15) is 51.1 Å². The molecule has 1 aromatic carbocycles. The van der Waals surface area contributed by atoms with Crippen LogP contribution in [0, 0.1) is 5.82 Å². The molecule has 1 heterocycles. The van der Waals surface area contributed by atoms with Crippen molar-refractivity contribution in [3.63, 3.8) is 0 Å². The number of hydrogen-bond donors (Lipinski definition) is 1. The number of nitrogens with one attached hydrogen (secondary N) is 1. The molecule has 0 aliphatic carbocycles. The molecule has 1 unspecified atom stereocenters. The van der Waals surface area contributed by atoms with Crippen molar-refractivity contribution in [3.8, 4) is 0 Å². The lowest BCUT2D eigenvalue weighted by Crippen LogP contribution is -2.39. The van der Waals surface area contributed by atoms with Gasteiger partial charge in [0.2, 0.25) is 11.8 Å². The van der Waals surface area contributed by atoms with E-state index in [1.54, 1.807) is 12.1 Å².